The van der Waals surface area contributed by atoms with Gasteiger partial charge in [-0.2, -0.15) is 0 Å². The smallest absolute Gasteiger partial charge is 0.242 e. The number of carbonyl (C=O) groups is 2. The molecule has 5 nitrogen and oxygen atoms in total. The molecule has 0 aromatic heterocycles. The third-order valence-electron chi connectivity index (χ3n) is 4.54. The Morgan fingerprint density at radius 1 is 1.10 bits per heavy atom. The van der Waals surface area contributed by atoms with Crippen molar-refractivity contribution >= 4 is 35.0 Å². The van der Waals surface area contributed by atoms with Crippen molar-refractivity contribution in [3.05, 3.63) is 63.6 Å². The van der Waals surface area contributed by atoms with Gasteiger partial charge in [0.25, 0.3) is 0 Å². The third kappa shape index (κ3) is 6.92. The summed E-state index contributed by atoms with van der Waals surface area (Å²) in [6.07, 6.45) is 0.155. The Morgan fingerprint density at radius 3 is 2.27 bits per heavy atom. The van der Waals surface area contributed by atoms with Crippen LogP contribution >= 0.6 is 23.2 Å². The molecule has 30 heavy (non-hydrogen) atoms. The Hall–Kier alpha value is -2.24. The van der Waals surface area contributed by atoms with Crippen molar-refractivity contribution in [2.75, 3.05) is 7.11 Å². The van der Waals surface area contributed by atoms with Gasteiger partial charge in [0, 0.05) is 22.1 Å². The predicted molar refractivity (Wildman–Crippen MR) is 121 cm³/mol. The van der Waals surface area contributed by atoms with E-state index < -0.39 is 11.6 Å². The zero-order chi connectivity index (χ0) is 22.5. The van der Waals surface area contributed by atoms with E-state index in [0.29, 0.717) is 15.8 Å². The van der Waals surface area contributed by atoms with E-state index in [-0.39, 0.29) is 24.8 Å². The van der Waals surface area contributed by atoms with Gasteiger partial charge in [0.2, 0.25) is 11.8 Å². The summed E-state index contributed by atoms with van der Waals surface area (Å²) in [5.74, 6) is 0.312. The second-order valence-electron chi connectivity index (χ2n) is 8.20. The topological polar surface area (TPSA) is 58.6 Å². The normalized spacial score (nSPS) is 12.2. The molecule has 1 atom stereocenters. The van der Waals surface area contributed by atoms with E-state index in [2.05, 4.69) is 5.32 Å². The molecule has 0 unspecified atom stereocenters. The lowest BCUT2D eigenvalue weighted by Crippen LogP contribution is -2.52. The summed E-state index contributed by atoms with van der Waals surface area (Å²) in [5, 5.41) is 3.90. The van der Waals surface area contributed by atoms with Gasteiger partial charge < -0.3 is 15.0 Å². The summed E-state index contributed by atoms with van der Waals surface area (Å²) in [5.41, 5.74) is 1.14. The van der Waals surface area contributed by atoms with Crippen LogP contribution in [0, 0.1) is 0 Å². The summed E-state index contributed by atoms with van der Waals surface area (Å²) >= 11 is 12.3. The summed E-state index contributed by atoms with van der Waals surface area (Å²) in [4.78, 5) is 27.5. The average Bonchev–Trinajstić information content (AvgIpc) is 2.66. The average molecular weight is 451 g/mol. The molecule has 2 rings (SSSR count). The van der Waals surface area contributed by atoms with Crippen LogP contribution in [0.2, 0.25) is 10.0 Å². The van der Waals surface area contributed by atoms with Crippen molar-refractivity contribution in [1.82, 2.24) is 10.2 Å². The molecule has 7 heteroatoms. The Kier molecular flexibility index (Phi) is 8.16. The maximum atomic E-state index is 13.2. The Morgan fingerprint density at radius 2 is 1.73 bits per heavy atom. The van der Waals surface area contributed by atoms with Gasteiger partial charge in [-0.3, -0.25) is 9.59 Å². The Bertz CT molecular complexity index is 892. The highest BCUT2D eigenvalue weighted by molar-refractivity contribution is 6.35. The quantitative estimate of drug-likeness (QED) is 0.653. The van der Waals surface area contributed by atoms with E-state index in [9.17, 15) is 9.59 Å². The highest BCUT2D eigenvalue weighted by Crippen LogP contribution is 2.24. The zero-order valence-corrected chi connectivity index (χ0v) is 19.5. The van der Waals surface area contributed by atoms with E-state index in [1.165, 1.54) is 0 Å². The molecule has 0 aliphatic heterocycles. The molecule has 0 saturated carbocycles. The number of nitrogens with zero attached hydrogens (tertiary/aromatic N) is 1. The number of amides is 2. The first kappa shape index (κ1) is 24.0. The van der Waals surface area contributed by atoms with E-state index in [1.807, 2.05) is 32.9 Å². The van der Waals surface area contributed by atoms with Crippen molar-refractivity contribution in [2.24, 2.45) is 0 Å². The minimum atomic E-state index is -0.679. The van der Waals surface area contributed by atoms with E-state index in [0.717, 1.165) is 11.1 Å². The first-order valence-corrected chi connectivity index (χ1v) is 10.4. The highest BCUT2D eigenvalue weighted by Gasteiger charge is 2.28. The lowest BCUT2D eigenvalue weighted by atomic mass is 10.1. The molecule has 2 aromatic rings. The molecule has 0 aliphatic rings. The van der Waals surface area contributed by atoms with Crippen LogP contribution in [0.1, 0.15) is 38.8 Å². The number of nitrogens with one attached hydrogen (secondary N) is 1. The number of rotatable bonds is 7. The van der Waals surface area contributed by atoms with Crippen molar-refractivity contribution < 1.29 is 14.3 Å². The fourth-order valence-corrected chi connectivity index (χ4v) is 3.38. The third-order valence-corrected chi connectivity index (χ3v) is 5.12. The molecule has 162 valence electrons. The molecular weight excluding hydrogens is 423 g/mol. The number of benzene rings is 2. The molecule has 2 amide bonds. The van der Waals surface area contributed by atoms with Gasteiger partial charge in [0.05, 0.1) is 13.5 Å². The van der Waals surface area contributed by atoms with Gasteiger partial charge in [-0.25, -0.2) is 0 Å². The second kappa shape index (κ2) is 10.2. The standard InChI is InChI=1S/C23H28Cl2N2O3/c1-15(22(29)26-23(2,3)4)27(14-17-8-9-18(24)13-20(17)25)21(28)12-16-6-10-19(30-5)11-7-16/h6-11,13,15H,12,14H2,1-5H3,(H,26,29)/t15-/m0/s1. The molecular formula is C23H28Cl2N2O3. The van der Waals surface area contributed by atoms with Crippen molar-refractivity contribution in [1.29, 1.82) is 0 Å². The largest absolute Gasteiger partial charge is 0.497 e. The van der Waals surface area contributed by atoms with Crippen LogP contribution in [0.4, 0.5) is 0 Å². The minimum Gasteiger partial charge on any atom is -0.497 e. The predicted octanol–water partition coefficient (Wildman–Crippen LogP) is 4.88. The number of hydrogen-bond donors (Lipinski definition) is 1. The van der Waals surface area contributed by atoms with Crippen LogP contribution in [-0.2, 0) is 22.6 Å². The van der Waals surface area contributed by atoms with Crippen LogP contribution in [0.25, 0.3) is 0 Å². The van der Waals surface area contributed by atoms with Crippen molar-refractivity contribution in [3.8, 4) is 5.75 Å². The zero-order valence-electron chi connectivity index (χ0n) is 18.0. The van der Waals surface area contributed by atoms with Crippen LogP contribution in [0.5, 0.6) is 5.75 Å². The molecule has 0 spiro atoms. The minimum absolute atomic E-state index is 0.155. The summed E-state index contributed by atoms with van der Waals surface area (Å²) in [6.45, 7) is 7.62. The first-order chi connectivity index (χ1) is 14.0. The van der Waals surface area contributed by atoms with E-state index >= 15 is 0 Å². The molecule has 0 heterocycles. The molecule has 0 radical (unpaired) electrons. The van der Waals surface area contributed by atoms with Gasteiger partial charge in [0.15, 0.2) is 0 Å². The fraction of sp³-hybridized carbons (Fsp3) is 0.391. The van der Waals surface area contributed by atoms with E-state index in [1.54, 1.807) is 49.3 Å². The van der Waals surface area contributed by atoms with Crippen molar-refractivity contribution in [2.45, 2.75) is 52.2 Å². The first-order valence-electron chi connectivity index (χ1n) is 9.68. The van der Waals surface area contributed by atoms with E-state index in [4.69, 9.17) is 27.9 Å². The molecule has 1 N–H and O–H groups in total. The highest BCUT2D eigenvalue weighted by atomic mass is 35.5. The van der Waals surface area contributed by atoms with Gasteiger partial charge >= 0.3 is 0 Å². The summed E-state index contributed by atoms with van der Waals surface area (Å²) in [6, 6.07) is 11.7. The van der Waals surface area contributed by atoms with Crippen LogP contribution in [0.15, 0.2) is 42.5 Å². The number of carbonyl (C=O) groups excluding carboxylic acids is 2. The van der Waals surface area contributed by atoms with Crippen LogP contribution in [0.3, 0.4) is 0 Å². The molecule has 0 saturated heterocycles. The second-order valence-corrected chi connectivity index (χ2v) is 9.04. The van der Waals surface area contributed by atoms with Gasteiger partial charge in [-0.1, -0.05) is 41.4 Å². The van der Waals surface area contributed by atoms with Gasteiger partial charge in [-0.15, -0.1) is 0 Å². The monoisotopic (exact) mass is 450 g/mol. The van der Waals surface area contributed by atoms with Crippen molar-refractivity contribution in [3.63, 3.8) is 0 Å². The molecule has 0 fully saturated rings. The molecule has 2 aromatic carbocycles. The summed E-state index contributed by atoms with van der Waals surface area (Å²) < 4.78 is 5.17. The molecule has 0 aliphatic carbocycles. The SMILES string of the molecule is COc1ccc(CC(=O)N(Cc2ccc(Cl)cc2Cl)[C@@H](C)C(=O)NC(C)(C)C)cc1. The Balaban J connectivity index is 2.28. The van der Waals surface area contributed by atoms with Gasteiger partial charge in [-0.05, 0) is 63.1 Å². The number of halogens is 2. The van der Waals surface area contributed by atoms with Gasteiger partial charge in [0.1, 0.15) is 11.8 Å². The number of methoxy groups -OCH3 is 1. The fourth-order valence-electron chi connectivity index (χ4n) is 2.91. The van der Waals surface area contributed by atoms with Crippen LogP contribution in [-0.4, -0.2) is 35.4 Å². The van der Waals surface area contributed by atoms with Crippen LogP contribution < -0.4 is 10.1 Å². The Labute approximate surface area is 188 Å². The number of hydrogen-bond acceptors (Lipinski definition) is 3. The maximum absolute atomic E-state index is 13.2. The molecule has 0 bridgehead atoms. The summed E-state index contributed by atoms with van der Waals surface area (Å²) in [7, 11) is 1.59. The lowest BCUT2D eigenvalue weighted by Gasteiger charge is -2.31. The number of ether oxygens (including phenoxy) is 1. The lowest BCUT2D eigenvalue weighted by molar-refractivity contribution is -0.140. The maximum Gasteiger partial charge on any atom is 0.242 e.